The van der Waals surface area contributed by atoms with E-state index in [-0.39, 0.29) is 22.2 Å². The standard InChI is InChI=1S/C53H62N4O13S4/c1-9-68-35(3)54-27-29-55(30-28-54)50-36(14-22-46-51(4,5)48-42-18-16-40(71-70-69-58)32-38(42)12-20-44(48)56(46)26-24-34(2)72(59,60)61)10-11-37(50)15-23-47-52(6,7)49-43-19-17-41(73(62,63)64)33-39(43)13-21-45(49)57(47)31-25-53(57,8)74(65,66)67/h12-23,32-34H,3,9-11,24-31H2,1-2,4-8H3,(H2-2,58,59,60,61,62,63,64,65,66,67)/p+2/b37-15+,47-23+. The lowest BCUT2D eigenvalue weighted by Crippen LogP contribution is -2.76. The molecule has 4 aromatic rings. The molecule has 5 aliphatic rings. The second kappa shape index (κ2) is 19.3. The molecule has 4 aliphatic heterocycles. The van der Waals surface area contributed by atoms with Gasteiger partial charge in [0.05, 0.1) is 60.3 Å². The molecule has 17 nitrogen and oxygen atoms in total. The van der Waals surface area contributed by atoms with E-state index in [4.69, 9.17) is 14.3 Å². The molecule has 1 aliphatic carbocycles. The number of anilines is 1. The van der Waals surface area contributed by atoms with Crippen LogP contribution in [0.3, 0.4) is 0 Å². The molecular weight excluding hydrogens is 1030 g/mol. The van der Waals surface area contributed by atoms with E-state index in [1.54, 1.807) is 19.1 Å². The summed E-state index contributed by atoms with van der Waals surface area (Å²) < 4.78 is 120. The van der Waals surface area contributed by atoms with E-state index in [0.29, 0.717) is 86.0 Å². The Morgan fingerprint density at radius 2 is 1.47 bits per heavy atom. The zero-order valence-electron chi connectivity index (χ0n) is 42.5. The molecule has 0 amide bonds. The Morgan fingerprint density at radius 1 is 0.838 bits per heavy atom. The van der Waals surface area contributed by atoms with Gasteiger partial charge in [0.2, 0.25) is 10.6 Å². The number of hydrogen-bond donors (Lipinski definition) is 4. The van der Waals surface area contributed by atoms with Crippen molar-refractivity contribution in [3.8, 4) is 0 Å². The number of piperazine rings is 1. The SMILES string of the molecule is C=C(OCC)N1CC[N+](=C2/C(=C/C=C3/N(CCC(C)S(=O)(=O)O)c4ccc5cc(SOOO)ccc5c4C3(C)C)CC/C2=C\C=C2/C(C)(C)c3c(ccc4cc(S(=O)(=O)O)ccc34)[N+]23CCC3(C)S(=O)(=O)O)CC1. The molecule has 4 N–H and O–H groups in total. The Balaban J connectivity index is 1.19. The lowest BCUT2D eigenvalue weighted by Gasteiger charge is -2.56. The van der Waals surface area contributed by atoms with Crippen LogP contribution in [-0.4, -0.2) is 115 Å². The number of nitrogens with zero attached hydrogens (tertiary/aromatic N) is 4. The molecule has 0 radical (unpaired) electrons. The molecule has 4 aromatic carbocycles. The largest absolute Gasteiger partial charge is 0.480 e. The Kier molecular flexibility index (Phi) is 14.0. The van der Waals surface area contributed by atoms with Gasteiger partial charge in [0.1, 0.15) is 11.4 Å². The first-order valence-electron chi connectivity index (χ1n) is 24.6. The molecular formula is C53H64N4O13S4+2. The van der Waals surface area contributed by atoms with Crippen molar-refractivity contribution in [2.24, 2.45) is 0 Å². The van der Waals surface area contributed by atoms with Crippen molar-refractivity contribution in [3.05, 3.63) is 131 Å². The van der Waals surface area contributed by atoms with Crippen LogP contribution in [0.4, 0.5) is 11.4 Å². The van der Waals surface area contributed by atoms with Gasteiger partial charge in [-0.1, -0.05) is 43.2 Å². The van der Waals surface area contributed by atoms with Crippen LogP contribution in [0.5, 0.6) is 0 Å². The first-order chi connectivity index (χ1) is 34.7. The lowest BCUT2D eigenvalue weighted by atomic mass is 9.80. The monoisotopic (exact) mass is 1090 g/mol. The fourth-order valence-electron chi connectivity index (χ4n) is 12.3. The summed E-state index contributed by atoms with van der Waals surface area (Å²) in [6.45, 7) is 21.3. The highest BCUT2D eigenvalue weighted by atomic mass is 32.2. The van der Waals surface area contributed by atoms with E-state index in [2.05, 4.69) is 58.1 Å². The number of hydrogen-bond acceptors (Lipinski definition) is 13. The van der Waals surface area contributed by atoms with E-state index in [1.807, 2.05) is 63.2 Å². The lowest BCUT2D eigenvalue weighted by molar-refractivity contribution is -0.538. The Morgan fingerprint density at radius 3 is 2.08 bits per heavy atom. The van der Waals surface area contributed by atoms with Gasteiger partial charge < -0.3 is 14.5 Å². The van der Waals surface area contributed by atoms with Crippen LogP contribution in [0.15, 0.2) is 130 Å². The highest BCUT2D eigenvalue weighted by molar-refractivity contribution is 7.94. The maximum Gasteiger partial charge on any atom is 0.323 e. The van der Waals surface area contributed by atoms with Crippen molar-refractivity contribution in [1.82, 2.24) is 9.38 Å². The van der Waals surface area contributed by atoms with E-state index in [9.17, 15) is 38.9 Å². The van der Waals surface area contributed by atoms with Gasteiger partial charge in [0.25, 0.3) is 20.2 Å². The Bertz CT molecular complexity index is 3520. The molecule has 4 heterocycles. The van der Waals surface area contributed by atoms with E-state index >= 15 is 0 Å². The summed E-state index contributed by atoms with van der Waals surface area (Å²) in [5.41, 5.74) is 6.82. The fraction of sp³-hybridized carbons (Fsp3) is 0.415. The minimum Gasteiger partial charge on any atom is -0.480 e. The van der Waals surface area contributed by atoms with Crippen LogP contribution < -0.4 is 9.38 Å². The first-order valence-corrected chi connectivity index (χ1v) is 29.7. The van der Waals surface area contributed by atoms with Gasteiger partial charge in [-0.2, -0.15) is 25.3 Å². The van der Waals surface area contributed by atoms with E-state index < -0.39 is 51.3 Å². The number of benzene rings is 4. The molecule has 0 bridgehead atoms. The molecule has 3 unspecified atom stereocenters. The molecule has 2 saturated heterocycles. The van der Waals surface area contributed by atoms with Crippen LogP contribution in [0.25, 0.3) is 21.5 Å². The van der Waals surface area contributed by atoms with Gasteiger partial charge in [0, 0.05) is 57.9 Å². The van der Waals surface area contributed by atoms with Crippen molar-refractivity contribution in [2.45, 2.75) is 105 Å². The number of ether oxygens (including phenoxy) is 1. The average Bonchev–Trinajstić information content (AvgIpc) is 3.92. The quantitative estimate of drug-likeness (QED) is 0.0176. The highest BCUT2D eigenvalue weighted by Gasteiger charge is 2.73. The second-order valence-corrected chi connectivity index (χ2v) is 26.8. The van der Waals surface area contributed by atoms with Crippen molar-refractivity contribution in [2.75, 3.05) is 50.8 Å². The predicted octanol–water partition coefficient (Wildman–Crippen LogP) is 9.43. The minimum atomic E-state index is -4.65. The predicted molar refractivity (Wildman–Crippen MR) is 288 cm³/mol. The van der Waals surface area contributed by atoms with Crippen molar-refractivity contribution >= 4 is 81.0 Å². The Hall–Kier alpha value is -4.91. The third-order valence-electron chi connectivity index (χ3n) is 16.3. The number of allylic oxidation sites excluding steroid dienone is 8. The van der Waals surface area contributed by atoms with E-state index in [1.165, 1.54) is 19.1 Å². The maximum atomic E-state index is 13.6. The first kappa shape index (κ1) is 53.9. The average molecular weight is 1090 g/mol. The molecule has 396 valence electrons. The third kappa shape index (κ3) is 8.94. The summed E-state index contributed by atoms with van der Waals surface area (Å²) in [7, 11) is -13.5. The molecule has 3 atom stereocenters. The summed E-state index contributed by atoms with van der Waals surface area (Å²) in [6.07, 6.45) is 10.1. The number of fused-ring (bicyclic) bond motifs is 7. The van der Waals surface area contributed by atoms with Crippen molar-refractivity contribution in [3.63, 3.8) is 0 Å². The van der Waals surface area contributed by atoms with Crippen LogP contribution in [0.2, 0.25) is 0 Å². The van der Waals surface area contributed by atoms with Crippen LogP contribution in [0, 0.1) is 0 Å². The van der Waals surface area contributed by atoms with Crippen molar-refractivity contribution < 1.29 is 62.9 Å². The molecule has 21 heteroatoms. The molecule has 1 saturated carbocycles. The van der Waals surface area contributed by atoms with Crippen LogP contribution >= 0.6 is 12.0 Å². The van der Waals surface area contributed by atoms with Gasteiger partial charge in [-0.15, -0.1) is 4.33 Å². The Labute approximate surface area is 437 Å². The molecule has 74 heavy (non-hydrogen) atoms. The third-order valence-corrected chi connectivity index (χ3v) is 20.6. The number of rotatable bonds is 14. The topological polar surface area (TPSA) is 221 Å². The van der Waals surface area contributed by atoms with E-state index in [0.717, 1.165) is 67.9 Å². The highest BCUT2D eigenvalue weighted by Crippen LogP contribution is 2.64. The zero-order valence-corrected chi connectivity index (χ0v) is 45.8. The summed E-state index contributed by atoms with van der Waals surface area (Å²) in [5.74, 6) is 0.612. The summed E-state index contributed by atoms with van der Waals surface area (Å²) >= 11 is 0.865. The molecule has 3 fully saturated rings. The molecule has 0 aromatic heterocycles. The summed E-state index contributed by atoms with van der Waals surface area (Å²) in [5, 5.41) is 14.8. The van der Waals surface area contributed by atoms with Crippen LogP contribution in [-0.2, 0) is 55.3 Å². The molecule has 1 spiro atoms. The summed E-state index contributed by atoms with van der Waals surface area (Å²) in [4.78, 5) is 3.09. The number of quaternary nitrogens is 1. The van der Waals surface area contributed by atoms with Crippen LogP contribution in [0.1, 0.15) is 85.3 Å². The van der Waals surface area contributed by atoms with Gasteiger partial charge in [-0.3, -0.25) is 13.7 Å². The van der Waals surface area contributed by atoms with Gasteiger partial charge in [-0.05, 0) is 135 Å². The van der Waals surface area contributed by atoms with Gasteiger partial charge in [0.15, 0.2) is 19.0 Å². The molecule has 9 rings (SSSR count). The smallest absolute Gasteiger partial charge is 0.323 e. The van der Waals surface area contributed by atoms with Crippen molar-refractivity contribution in [1.29, 1.82) is 0 Å². The minimum absolute atomic E-state index is 0.141. The normalized spacial score (nSPS) is 25.2. The maximum absolute atomic E-state index is 13.6. The second-order valence-electron chi connectivity index (χ2n) is 21.0. The zero-order chi connectivity index (χ0) is 53.6. The summed E-state index contributed by atoms with van der Waals surface area (Å²) in [6, 6.07) is 17.8. The van der Waals surface area contributed by atoms with Gasteiger partial charge in [-0.25, -0.2) is 14.3 Å². The fourth-order valence-corrected chi connectivity index (χ4v) is 14.7. The van der Waals surface area contributed by atoms with Gasteiger partial charge >= 0.3 is 10.1 Å².